The fraction of sp³-hybridized carbons (Fsp3) is 0.444. The van der Waals surface area contributed by atoms with Gasteiger partial charge in [0.05, 0.1) is 11.5 Å². The maximum absolute atomic E-state index is 13.4. The maximum Gasteiger partial charge on any atom is 0.441 e. The average molecular weight is 358 g/mol. The number of carbonyl (C=O) groups is 1. The second-order valence-electron chi connectivity index (χ2n) is 6.98. The molecule has 0 saturated heterocycles. The molecule has 3 rings (SSSR count). The molecule has 0 spiro atoms. The Hall–Kier alpha value is -2.95. The Balaban J connectivity index is 1.92. The molecule has 1 heterocycles. The smallest absolute Gasteiger partial charge is 0.408 e. The molecule has 1 fully saturated rings. The lowest BCUT2D eigenvalue weighted by Crippen LogP contribution is -2.46. The van der Waals surface area contributed by atoms with E-state index in [0.29, 0.717) is 24.6 Å². The van der Waals surface area contributed by atoms with Crippen LogP contribution in [0.1, 0.15) is 33.1 Å². The third-order valence-electron chi connectivity index (χ3n) is 4.26. The Labute approximate surface area is 149 Å². The van der Waals surface area contributed by atoms with Crippen molar-refractivity contribution in [1.29, 1.82) is 5.26 Å². The number of hydrogen-bond donors (Lipinski definition) is 2. The van der Waals surface area contributed by atoms with E-state index in [0.717, 1.165) is 6.07 Å². The summed E-state index contributed by atoms with van der Waals surface area (Å²) in [4.78, 5) is 28.1. The molecule has 1 aromatic carbocycles. The van der Waals surface area contributed by atoms with Crippen molar-refractivity contribution in [3.05, 3.63) is 34.6 Å². The van der Waals surface area contributed by atoms with Gasteiger partial charge in [0.15, 0.2) is 0 Å². The van der Waals surface area contributed by atoms with Crippen molar-refractivity contribution in [3.8, 4) is 6.07 Å². The Bertz CT molecular complexity index is 944. The van der Waals surface area contributed by atoms with Gasteiger partial charge in [-0.2, -0.15) is 10.2 Å². The minimum Gasteiger partial charge on any atom is -0.408 e. The molecule has 1 aliphatic rings. The van der Waals surface area contributed by atoms with Crippen LogP contribution in [0.5, 0.6) is 0 Å². The second-order valence-corrected chi connectivity index (χ2v) is 6.98. The molecular formula is C18H19FN4O3. The van der Waals surface area contributed by atoms with E-state index in [1.807, 2.05) is 13.8 Å². The predicted molar refractivity (Wildman–Crippen MR) is 92.8 cm³/mol. The zero-order valence-corrected chi connectivity index (χ0v) is 14.5. The lowest BCUT2D eigenvalue weighted by atomic mass is 10.0. The van der Waals surface area contributed by atoms with Gasteiger partial charge in [-0.15, -0.1) is 0 Å². The van der Waals surface area contributed by atoms with Gasteiger partial charge in [0.2, 0.25) is 5.91 Å². The molecule has 26 heavy (non-hydrogen) atoms. The molecule has 2 aromatic rings. The minimum absolute atomic E-state index is 0.0480. The van der Waals surface area contributed by atoms with Crippen molar-refractivity contribution in [2.45, 2.75) is 44.7 Å². The molecule has 0 radical (unpaired) electrons. The molecule has 0 aliphatic heterocycles. The van der Waals surface area contributed by atoms with Gasteiger partial charge >= 0.3 is 5.76 Å². The number of nitriles is 1. The topological polar surface area (TPSA) is 108 Å². The zero-order chi connectivity index (χ0) is 18.9. The Morgan fingerprint density at radius 3 is 2.81 bits per heavy atom. The van der Waals surface area contributed by atoms with Crippen molar-refractivity contribution < 1.29 is 13.6 Å². The number of rotatable bonds is 6. The van der Waals surface area contributed by atoms with Crippen LogP contribution >= 0.6 is 0 Å². The summed E-state index contributed by atoms with van der Waals surface area (Å²) < 4.78 is 18.3. The van der Waals surface area contributed by atoms with Crippen LogP contribution in [-0.4, -0.2) is 22.5 Å². The monoisotopic (exact) mass is 358 g/mol. The highest BCUT2D eigenvalue weighted by molar-refractivity contribution is 5.91. The first-order valence-electron chi connectivity index (χ1n) is 8.42. The fourth-order valence-electron chi connectivity index (χ4n) is 2.74. The van der Waals surface area contributed by atoms with Gasteiger partial charge < -0.3 is 15.1 Å². The second kappa shape index (κ2) is 6.75. The van der Waals surface area contributed by atoms with E-state index in [1.165, 1.54) is 12.1 Å². The van der Waals surface area contributed by atoms with Crippen LogP contribution in [0, 0.1) is 23.1 Å². The van der Waals surface area contributed by atoms with Crippen LogP contribution in [0.3, 0.4) is 0 Å². The lowest BCUT2D eigenvalue weighted by Gasteiger charge is -2.22. The normalized spacial score (nSPS) is 16.1. The summed E-state index contributed by atoms with van der Waals surface area (Å²) in [5, 5.41) is 15.3. The number of amides is 1. The Morgan fingerprint density at radius 1 is 1.46 bits per heavy atom. The maximum atomic E-state index is 13.4. The number of carbonyl (C=O) groups excluding carboxylic acids is 1. The lowest BCUT2D eigenvalue weighted by molar-refractivity contribution is -0.122. The van der Waals surface area contributed by atoms with Crippen molar-refractivity contribution in [2.75, 3.05) is 5.32 Å². The van der Waals surface area contributed by atoms with Gasteiger partial charge in [-0.3, -0.25) is 4.79 Å². The predicted octanol–water partition coefficient (Wildman–Crippen LogP) is 2.33. The Morgan fingerprint density at radius 2 is 2.19 bits per heavy atom. The van der Waals surface area contributed by atoms with Crippen molar-refractivity contribution in [1.82, 2.24) is 10.3 Å². The van der Waals surface area contributed by atoms with E-state index in [4.69, 9.17) is 4.42 Å². The van der Waals surface area contributed by atoms with Crippen LogP contribution in [0.2, 0.25) is 0 Å². The average Bonchev–Trinajstić information content (AvgIpc) is 3.33. The van der Waals surface area contributed by atoms with E-state index < -0.39 is 23.2 Å². The first kappa shape index (κ1) is 17.9. The first-order valence-corrected chi connectivity index (χ1v) is 8.42. The molecule has 1 atom stereocenters. The van der Waals surface area contributed by atoms with Gasteiger partial charge in [0.1, 0.15) is 28.8 Å². The number of hydrogen-bond acceptors (Lipinski definition) is 6. The summed E-state index contributed by atoms with van der Waals surface area (Å²) in [5.41, 5.74) is -0.741. The van der Waals surface area contributed by atoms with Crippen molar-refractivity contribution in [2.24, 2.45) is 5.92 Å². The quantitative estimate of drug-likeness (QED) is 0.820. The van der Waals surface area contributed by atoms with Crippen LogP contribution < -0.4 is 16.4 Å². The molecule has 7 nitrogen and oxygen atoms in total. The van der Waals surface area contributed by atoms with Gasteiger partial charge in [0.25, 0.3) is 0 Å². The van der Waals surface area contributed by atoms with E-state index >= 15 is 0 Å². The van der Waals surface area contributed by atoms with E-state index in [2.05, 4.69) is 21.7 Å². The number of anilines is 1. The third kappa shape index (κ3) is 3.82. The number of aromatic nitrogens is 1. The van der Waals surface area contributed by atoms with E-state index in [-0.39, 0.29) is 23.2 Å². The standard InChI is InChI=1S/C18H19FN4O3/c1-10(2)7-13(16(24)23-18(9-20)5-6-18)21-15-12-4-3-11(19)8-14(12)26-17(25)22-15/h3-4,8,10,13H,5-7H2,1-2H3,(H,23,24)(H,21,22,25)/t13-/m0/s1. The summed E-state index contributed by atoms with van der Waals surface area (Å²) >= 11 is 0. The zero-order valence-electron chi connectivity index (χ0n) is 14.5. The van der Waals surface area contributed by atoms with Crippen LogP contribution in [0.25, 0.3) is 11.0 Å². The van der Waals surface area contributed by atoms with Gasteiger partial charge in [0, 0.05) is 6.07 Å². The highest BCUT2D eigenvalue weighted by atomic mass is 19.1. The Kier molecular flexibility index (Phi) is 4.64. The fourth-order valence-corrected chi connectivity index (χ4v) is 2.74. The van der Waals surface area contributed by atoms with Crippen molar-refractivity contribution >= 4 is 22.7 Å². The third-order valence-corrected chi connectivity index (χ3v) is 4.26. The summed E-state index contributed by atoms with van der Waals surface area (Å²) in [6.07, 6.45) is 1.72. The molecule has 136 valence electrons. The number of benzene rings is 1. The number of nitrogens with zero attached hydrogens (tertiary/aromatic N) is 2. The van der Waals surface area contributed by atoms with E-state index in [9.17, 15) is 19.2 Å². The largest absolute Gasteiger partial charge is 0.441 e. The summed E-state index contributed by atoms with van der Waals surface area (Å²) in [6.45, 7) is 3.92. The van der Waals surface area contributed by atoms with Crippen LogP contribution in [0.4, 0.5) is 10.2 Å². The molecule has 0 bridgehead atoms. The van der Waals surface area contributed by atoms with Crippen LogP contribution in [0.15, 0.2) is 27.4 Å². The first-order chi connectivity index (χ1) is 12.3. The summed E-state index contributed by atoms with van der Waals surface area (Å²) in [5.74, 6) is -1.43. The highest BCUT2D eigenvalue weighted by Crippen LogP contribution is 2.34. The molecule has 2 N–H and O–H groups in total. The number of fused-ring (bicyclic) bond motifs is 1. The van der Waals surface area contributed by atoms with Crippen LogP contribution in [-0.2, 0) is 4.79 Å². The molecule has 1 saturated carbocycles. The highest BCUT2D eigenvalue weighted by Gasteiger charge is 2.45. The summed E-state index contributed by atoms with van der Waals surface area (Å²) in [6, 6.07) is 5.18. The number of nitrogens with one attached hydrogen (secondary N) is 2. The van der Waals surface area contributed by atoms with Crippen molar-refractivity contribution in [3.63, 3.8) is 0 Å². The molecule has 1 amide bonds. The SMILES string of the molecule is CC(C)C[C@H](Nc1nc(=O)oc2cc(F)ccc12)C(=O)NC1(C#N)CC1. The molecule has 1 aliphatic carbocycles. The van der Waals surface area contributed by atoms with Gasteiger partial charge in [-0.05, 0) is 37.3 Å². The molecular weight excluding hydrogens is 339 g/mol. The van der Waals surface area contributed by atoms with E-state index in [1.54, 1.807) is 0 Å². The number of halogens is 1. The molecule has 8 heteroatoms. The van der Waals surface area contributed by atoms with Gasteiger partial charge in [-0.1, -0.05) is 13.8 Å². The molecule has 0 unspecified atom stereocenters. The summed E-state index contributed by atoms with van der Waals surface area (Å²) in [7, 11) is 0. The molecule has 1 aromatic heterocycles. The van der Waals surface area contributed by atoms with Gasteiger partial charge in [-0.25, -0.2) is 9.18 Å². The minimum atomic E-state index is -0.884.